The van der Waals surface area contributed by atoms with Crippen LogP contribution in [-0.2, 0) is 4.74 Å². The third-order valence-corrected chi connectivity index (χ3v) is 3.65. The van der Waals surface area contributed by atoms with Crippen LogP contribution in [0.25, 0.3) is 0 Å². The van der Waals surface area contributed by atoms with E-state index in [0.717, 1.165) is 25.1 Å². The van der Waals surface area contributed by atoms with Crippen LogP contribution < -0.4 is 5.32 Å². The molecular weight excluding hydrogens is 278 g/mol. The number of hydrogen-bond acceptors (Lipinski definition) is 6. The van der Waals surface area contributed by atoms with E-state index in [-0.39, 0.29) is 23.1 Å². The van der Waals surface area contributed by atoms with Gasteiger partial charge >= 0.3 is 5.97 Å². The average molecular weight is 295 g/mol. The molecule has 1 saturated heterocycles. The second-order valence-corrected chi connectivity index (χ2v) is 5.03. The summed E-state index contributed by atoms with van der Waals surface area (Å²) in [6.07, 6.45) is 2.85. The van der Waals surface area contributed by atoms with Crippen LogP contribution in [0, 0.1) is 16.0 Å². The number of carboxylic acids is 1. The van der Waals surface area contributed by atoms with Gasteiger partial charge in [0.25, 0.3) is 5.69 Å². The molecule has 21 heavy (non-hydrogen) atoms. The number of carbonyl (C=O) groups is 1. The maximum atomic E-state index is 11.2. The quantitative estimate of drug-likeness (QED) is 0.629. The number of anilines is 1. The highest BCUT2D eigenvalue weighted by molar-refractivity contribution is 5.93. The Balaban J connectivity index is 2.18. The van der Waals surface area contributed by atoms with E-state index < -0.39 is 10.9 Å². The van der Waals surface area contributed by atoms with Gasteiger partial charge in [0.05, 0.1) is 4.92 Å². The first kappa shape index (κ1) is 15.2. The molecule has 2 N–H and O–H groups in total. The number of nitrogens with one attached hydrogen (secondary N) is 1. The first-order chi connectivity index (χ1) is 9.99. The number of rotatable bonds is 5. The highest BCUT2D eigenvalue weighted by Gasteiger charge is 2.24. The molecule has 1 fully saturated rings. The predicted octanol–water partition coefficient (Wildman–Crippen LogP) is 1.91. The Labute approximate surface area is 121 Å². The molecule has 114 valence electrons. The molecule has 1 atom stereocenters. The molecule has 8 nitrogen and oxygen atoms in total. The molecule has 1 aromatic heterocycles. The van der Waals surface area contributed by atoms with Crippen molar-refractivity contribution in [2.45, 2.75) is 25.8 Å². The van der Waals surface area contributed by atoms with Gasteiger partial charge in [-0.15, -0.1) is 0 Å². The van der Waals surface area contributed by atoms with Crippen LogP contribution in [0.2, 0.25) is 0 Å². The fourth-order valence-electron chi connectivity index (χ4n) is 2.38. The van der Waals surface area contributed by atoms with Crippen molar-refractivity contribution in [2.24, 2.45) is 5.92 Å². The van der Waals surface area contributed by atoms with E-state index in [0.29, 0.717) is 19.1 Å². The number of carboxylic acid groups (broad SMARTS) is 1. The Morgan fingerprint density at radius 1 is 1.57 bits per heavy atom. The molecular formula is C13H17N3O5. The average Bonchev–Trinajstić information content (AvgIpc) is 2.48. The second-order valence-electron chi connectivity index (χ2n) is 5.03. The fourth-order valence-corrected chi connectivity index (χ4v) is 2.38. The van der Waals surface area contributed by atoms with Crippen LogP contribution in [0.4, 0.5) is 11.5 Å². The zero-order chi connectivity index (χ0) is 15.4. The second kappa shape index (κ2) is 6.49. The summed E-state index contributed by atoms with van der Waals surface area (Å²) in [5, 5.41) is 22.9. The van der Waals surface area contributed by atoms with Crippen LogP contribution >= 0.6 is 0 Å². The Morgan fingerprint density at radius 3 is 2.81 bits per heavy atom. The summed E-state index contributed by atoms with van der Waals surface area (Å²) >= 11 is 0. The standard InChI is InChI=1S/C13H17N3O5/c1-8(9-2-4-21-5-3-9)15-12-11(13(17)18)6-10(7-14-12)16(19)20/h6-9H,2-5H2,1H3,(H,14,15)(H,17,18). The highest BCUT2D eigenvalue weighted by atomic mass is 16.6. The summed E-state index contributed by atoms with van der Waals surface area (Å²) < 4.78 is 5.29. The first-order valence-electron chi connectivity index (χ1n) is 6.71. The lowest BCUT2D eigenvalue weighted by atomic mass is 9.93. The minimum atomic E-state index is -1.24. The minimum Gasteiger partial charge on any atom is -0.478 e. The summed E-state index contributed by atoms with van der Waals surface area (Å²) in [7, 11) is 0. The predicted molar refractivity (Wildman–Crippen MR) is 74.5 cm³/mol. The summed E-state index contributed by atoms with van der Waals surface area (Å²) in [5.41, 5.74) is -0.528. The molecule has 8 heteroatoms. The molecule has 0 aromatic carbocycles. The van der Waals surface area contributed by atoms with Gasteiger partial charge in [-0.25, -0.2) is 9.78 Å². The Hall–Kier alpha value is -2.22. The molecule has 2 rings (SSSR count). The van der Waals surface area contributed by atoms with Crippen molar-refractivity contribution in [2.75, 3.05) is 18.5 Å². The van der Waals surface area contributed by atoms with Crippen LogP contribution in [0.1, 0.15) is 30.1 Å². The maximum absolute atomic E-state index is 11.2. The lowest BCUT2D eigenvalue weighted by molar-refractivity contribution is -0.385. The number of nitro groups is 1. The van der Waals surface area contributed by atoms with Crippen LogP contribution in [0.3, 0.4) is 0 Å². The summed E-state index contributed by atoms with van der Waals surface area (Å²) in [6, 6.07) is 1.04. The van der Waals surface area contributed by atoms with Crippen molar-refractivity contribution < 1.29 is 19.6 Å². The SMILES string of the molecule is CC(Nc1ncc([N+](=O)[O-])cc1C(=O)O)C1CCOCC1. The minimum absolute atomic E-state index is 0.0148. The van der Waals surface area contributed by atoms with E-state index in [4.69, 9.17) is 4.74 Å². The molecule has 0 bridgehead atoms. The highest BCUT2D eigenvalue weighted by Crippen LogP contribution is 2.24. The van der Waals surface area contributed by atoms with Gasteiger partial charge in [-0.1, -0.05) is 0 Å². The molecule has 0 radical (unpaired) electrons. The lowest BCUT2D eigenvalue weighted by Gasteiger charge is -2.29. The van der Waals surface area contributed by atoms with Gasteiger partial charge in [0.15, 0.2) is 0 Å². The van der Waals surface area contributed by atoms with Gasteiger partial charge < -0.3 is 15.2 Å². The molecule has 0 aliphatic carbocycles. The number of hydrogen-bond donors (Lipinski definition) is 2. The van der Waals surface area contributed by atoms with Gasteiger partial charge in [-0.3, -0.25) is 10.1 Å². The number of aromatic carboxylic acids is 1. The van der Waals surface area contributed by atoms with Crippen molar-refractivity contribution >= 4 is 17.5 Å². The van der Waals surface area contributed by atoms with Gasteiger partial charge in [-0.2, -0.15) is 0 Å². The normalized spacial score (nSPS) is 17.2. The van der Waals surface area contributed by atoms with Crippen molar-refractivity contribution in [3.63, 3.8) is 0 Å². The van der Waals surface area contributed by atoms with Gasteiger partial charge in [-0.05, 0) is 25.7 Å². The molecule has 0 saturated carbocycles. The van der Waals surface area contributed by atoms with E-state index in [9.17, 15) is 20.0 Å². The first-order valence-corrected chi connectivity index (χ1v) is 6.71. The number of aromatic nitrogens is 1. The fraction of sp³-hybridized carbons (Fsp3) is 0.538. The van der Waals surface area contributed by atoms with Crippen molar-refractivity contribution in [1.82, 2.24) is 4.98 Å². The number of pyridine rings is 1. The molecule has 1 unspecified atom stereocenters. The maximum Gasteiger partial charge on any atom is 0.339 e. The van der Waals surface area contributed by atoms with Crippen molar-refractivity contribution in [3.05, 3.63) is 27.9 Å². The molecule has 0 spiro atoms. The topological polar surface area (TPSA) is 115 Å². The zero-order valence-corrected chi connectivity index (χ0v) is 11.6. The number of ether oxygens (including phenoxy) is 1. The Morgan fingerprint density at radius 2 is 2.24 bits per heavy atom. The summed E-state index contributed by atoms with van der Waals surface area (Å²) in [6.45, 7) is 3.33. The van der Waals surface area contributed by atoms with Crippen LogP contribution in [-0.4, -0.2) is 40.2 Å². The lowest BCUT2D eigenvalue weighted by Crippen LogP contribution is -2.31. The van der Waals surface area contributed by atoms with E-state index in [1.54, 1.807) is 0 Å². The largest absolute Gasteiger partial charge is 0.478 e. The Kier molecular flexibility index (Phi) is 4.69. The van der Waals surface area contributed by atoms with Crippen molar-refractivity contribution in [1.29, 1.82) is 0 Å². The number of nitrogens with zero attached hydrogens (tertiary/aromatic N) is 2. The van der Waals surface area contributed by atoms with E-state index in [1.807, 2.05) is 6.92 Å². The van der Waals surface area contributed by atoms with Crippen LogP contribution in [0.15, 0.2) is 12.3 Å². The summed E-state index contributed by atoms with van der Waals surface area (Å²) in [5.74, 6) is -0.725. The van der Waals surface area contributed by atoms with Gasteiger partial charge in [0.1, 0.15) is 17.6 Å². The Bertz CT molecular complexity index is 543. The molecule has 2 heterocycles. The molecule has 1 aromatic rings. The smallest absolute Gasteiger partial charge is 0.339 e. The zero-order valence-electron chi connectivity index (χ0n) is 11.6. The van der Waals surface area contributed by atoms with Gasteiger partial charge in [0, 0.05) is 25.3 Å². The monoisotopic (exact) mass is 295 g/mol. The van der Waals surface area contributed by atoms with Crippen LogP contribution in [0.5, 0.6) is 0 Å². The van der Waals surface area contributed by atoms with E-state index >= 15 is 0 Å². The molecule has 1 aliphatic heterocycles. The molecule has 1 aliphatic rings. The van der Waals surface area contributed by atoms with Crippen molar-refractivity contribution in [3.8, 4) is 0 Å². The third-order valence-electron chi connectivity index (χ3n) is 3.65. The van der Waals surface area contributed by atoms with E-state index in [1.165, 1.54) is 0 Å². The van der Waals surface area contributed by atoms with E-state index in [2.05, 4.69) is 10.3 Å². The third kappa shape index (κ3) is 3.66. The summed E-state index contributed by atoms with van der Waals surface area (Å²) in [4.78, 5) is 25.2. The van der Waals surface area contributed by atoms with Gasteiger partial charge in [0.2, 0.25) is 0 Å². The molecule has 0 amide bonds.